The average molecular weight is 241 g/mol. The SMILES string of the molecule is CCCCCCCCCC=COC(=O)C(C)N. The largest absolute Gasteiger partial charge is 0.434 e. The van der Waals surface area contributed by atoms with Crippen LogP contribution in [0.2, 0.25) is 0 Å². The normalized spacial score (nSPS) is 12.9. The van der Waals surface area contributed by atoms with Crippen molar-refractivity contribution < 1.29 is 9.53 Å². The van der Waals surface area contributed by atoms with Gasteiger partial charge in [0.1, 0.15) is 6.04 Å². The van der Waals surface area contributed by atoms with Gasteiger partial charge in [0.25, 0.3) is 0 Å². The van der Waals surface area contributed by atoms with Crippen molar-refractivity contribution in [2.45, 2.75) is 71.3 Å². The predicted octanol–water partition coefficient (Wildman–Crippen LogP) is 3.53. The van der Waals surface area contributed by atoms with E-state index in [0.29, 0.717) is 0 Å². The summed E-state index contributed by atoms with van der Waals surface area (Å²) in [5.41, 5.74) is 5.35. The first-order chi connectivity index (χ1) is 8.18. The number of allylic oxidation sites excluding steroid dienone is 1. The summed E-state index contributed by atoms with van der Waals surface area (Å²) in [5, 5.41) is 0. The zero-order chi connectivity index (χ0) is 12.9. The Morgan fingerprint density at radius 2 is 1.76 bits per heavy atom. The van der Waals surface area contributed by atoms with Gasteiger partial charge in [0.2, 0.25) is 0 Å². The molecule has 1 unspecified atom stereocenters. The van der Waals surface area contributed by atoms with Crippen LogP contribution in [0.3, 0.4) is 0 Å². The summed E-state index contributed by atoms with van der Waals surface area (Å²) in [5.74, 6) is -0.374. The number of rotatable bonds is 10. The van der Waals surface area contributed by atoms with Crippen LogP contribution in [0.5, 0.6) is 0 Å². The van der Waals surface area contributed by atoms with Gasteiger partial charge >= 0.3 is 5.97 Å². The highest BCUT2D eigenvalue weighted by atomic mass is 16.5. The van der Waals surface area contributed by atoms with Crippen LogP contribution in [0.1, 0.15) is 65.2 Å². The van der Waals surface area contributed by atoms with Crippen LogP contribution in [0, 0.1) is 0 Å². The zero-order valence-electron chi connectivity index (χ0n) is 11.3. The van der Waals surface area contributed by atoms with Gasteiger partial charge in [-0.1, -0.05) is 45.4 Å². The second kappa shape index (κ2) is 11.6. The Morgan fingerprint density at radius 3 is 2.35 bits per heavy atom. The van der Waals surface area contributed by atoms with Gasteiger partial charge < -0.3 is 10.5 Å². The molecule has 0 spiro atoms. The lowest BCUT2D eigenvalue weighted by Gasteiger charge is -2.01. The Morgan fingerprint density at radius 1 is 1.18 bits per heavy atom. The van der Waals surface area contributed by atoms with Crippen molar-refractivity contribution in [3.05, 3.63) is 12.3 Å². The number of hydrogen-bond donors (Lipinski definition) is 1. The molecule has 0 aromatic rings. The first kappa shape index (κ1) is 16.2. The Labute approximate surface area is 105 Å². The summed E-state index contributed by atoms with van der Waals surface area (Å²) < 4.78 is 4.82. The molecule has 1 atom stereocenters. The molecule has 0 amide bonds. The van der Waals surface area contributed by atoms with Crippen molar-refractivity contribution in [1.29, 1.82) is 0 Å². The summed E-state index contributed by atoms with van der Waals surface area (Å²) in [4.78, 5) is 11.0. The van der Waals surface area contributed by atoms with Crippen molar-refractivity contribution >= 4 is 5.97 Å². The lowest BCUT2D eigenvalue weighted by atomic mass is 10.1. The number of carbonyl (C=O) groups is 1. The lowest BCUT2D eigenvalue weighted by molar-refractivity contribution is -0.139. The van der Waals surface area contributed by atoms with Gasteiger partial charge in [-0.25, -0.2) is 4.79 Å². The second-order valence-electron chi connectivity index (χ2n) is 4.51. The number of ether oxygens (including phenoxy) is 1. The monoisotopic (exact) mass is 241 g/mol. The van der Waals surface area contributed by atoms with Crippen molar-refractivity contribution in [2.75, 3.05) is 0 Å². The van der Waals surface area contributed by atoms with Gasteiger partial charge in [-0.2, -0.15) is 0 Å². The Hall–Kier alpha value is -0.830. The summed E-state index contributed by atoms with van der Waals surface area (Å²) in [6.45, 7) is 3.85. The smallest absolute Gasteiger partial charge is 0.327 e. The molecule has 0 bridgehead atoms. The van der Waals surface area contributed by atoms with Crippen LogP contribution in [-0.2, 0) is 9.53 Å². The molecule has 0 heterocycles. The molecule has 0 rings (SSSR count). The quantitative estimate of drug-likeness (QED) is 0.361. The standard InChI is InChI=1S/C14H27NO2/c1-3-4-5-6-7-8-9-10-11-12-17-14(16)13(2)15/h11-13H,3-10,15H2,1-2H3. The summed E-state index contributed by atoms with van der Waals surface area (Å²) >= 11 is 0. The van der Waals surface area contributed by atoms with Crippen molar-refractivity contribution in [2.24, 2.45) is 5.73 Å². The minimum atomic E-state index is -0.543. The molecule has 0 aliphatic rings. The highest BCUT2D eigenvalue weighted by Crippen LogP contribution is 2.08. The molecule has 0 fully saturated rings. The fraction of sp³-hybridized carbons (Fsp3) is 0.786. The highest BCUT2D eigenvalue weighted by molar-refractivity contribution is 5.75. The molecular weight excluding hydrogens is 214 g/mol. The number of carbonyl (C=O) groups excluding carboxylic acids is 1. The van der Waals surface area contributed by atoms with Crippen LogP contribution in [-0.4, -0.2) is 12.0 Å². The van der Waals surface area contributed by atoms with Crippen molar-refractivity contribution in [1.82, 2.24) is 0 Å². The van der Waals surface area contributed by atoms with Crippen LogP contribution >= 0.6 is 0 Å². The molecule has 2 N–H and O–H groups in total. The van der Waals surface area contributed by atoms with Crippen molar-refractivity contribution in [3.8, 4) is 0 Å². The van der Waals surface area contributed by atoms with E-state index < -0.39 is 6.04 Å². The minimum Gasteiger partial charge on any atom is -0.434 e. The molecule has 17 heavy (non-hydrogen) atoms. The van der Waals surface area contributed by atoms with E-state index in [1.54, 1.807) is 6.92 Å². The average Bonchev–Trinajstić information content (AvgIpc) is 2.31. The van der Waals surface area contributed by atoms with Gasteiger partial charge in [-0.05, 0) is 25.8 Å². The molecule has 0 aliphatic carbocycles. The van der Waals surface area contributed by atoms with E-state index >= 15 is 0 Å². The van der Waals surface area contributed by atoms with Crippen LogP contribution in [0.25, 0.3) is 0 Å². The van der Waals surface area contributed by atoms with Gasteiger partial charge in [0.05, 0.1) is 6.26 Å². The molecule has 0 saturated heterocycles. The molecule has 0 radical (unpaired) electrons. The maximum atomic E-state index is 11.0. The third kappa shape index (κ3) is 11.4. The third-order valence-electron chi connectivity index (χ3n) is 2.63. The second-order valence-corrected chi connectivity index (χ2v) is 4.51. The fourth-order valence-electron chi connectivity index (χ4n) is 1.51. The van der Waals surface area contributed by atoms with Crippen LogP contribution in [0.15, 0.2) is 12.3 Å². The maximum Gasteiger partial charge on any atom is 0.327 e. The molecule has 0 aliphatic heterocycles. The van der Waals surface area contributed by atoms with Crippen LogP contribution < -0.4 is 5.73 Å². The van der Waals surface area contributed by atoms with Crippen molar-refractivity contribution in [3.63, 3.8) is 0 Å². The summed E-state index contributed by atoms with van der Waals surface area (Å²) in [7, 11) is 0. The molecule has 100 valence electrons. The van der Waals surface area contributed by atoms with Gasteiger partial charge in [0, 0.05) is 0 Å². The molecule has 3 heteroatoms. The topological polar surface area (TPSA) is 52.3 Å². The van der Waals surface area contributed by atoms with Gasteiger partial charge in [-0.15, -0.1) is 0 Å². The Bertz CT molecular complexity index is 212. The Kier molecular flexibility index (Phi) is 11.1. The van der Waals surface area contributed by atoms with E-state index in [1.807, 2.05) is 6.08 Å². The molecule has 0 saturated carbocycles. The predicted molar refractivity (Wildman–Crippen MR) is 71.5 cm³/mol. The first-order valence-electron chi connectivity index (χ1n) is 6.79. The summed E-state index contributed by atoms with van der Waals surface area (Å²) in [6, 6.07) is -0.543. The van der Waals surface area contributed by atoms with E-state index in [-0.39, 0.29) is 5.97 Å². The first-order valence-corrected chi connectivity index (χ1v) is 6.79. The fourth-order valence-corrected chi connectivity index (χ4v) is 1.51. The molecule has 3 nitrogen and oxygen atoms in total. The number of hydrogen-bond acceptors (Lipinski definition) is 3. The van der Waals surface area contributed by atoms with E-state index in [1.165, 1.54) is 51.2 Å². The number of nitrogens with two attached hydrogens (primary N) is 1. The highest BCUT2D eigenvalue weighted by Gasteiger charge is 2.05. The minimum absolute atomic E-state index is 0.374. The van der Waals surface area contributed by atoms with Crippen LogP contribution in [0.4, 0.5) is 0 Å². The third-order valence-corrected chi connectivity index (χ3v) is 2.63. The van der Waals surface area contributed by atoms with E-state index in [9.17, 15) is 4.79 Å². The number of esters is 1. The zero-order valence-corrected chi connectivity index (χ0v) is 11.3. The Balaban J connectivity index is 3.22. The van der Waals surface area contributed by atoms with E-state index in [0.717, 1.165) is 6.42 Å². The van der Waals surface area contributed by atoms with E-state index in [4.69, 9.17) is 10.5 Å². The molecule has 0 aromatic carbocycles. The van der Waals surface area contributed by atoms with E-state index in [2.05, 4.69) is 6.92 Å². The van der Waals surface area contributed by atoms with Gasteiger partial charge in [0.15, 0.2) is 0 Å². The summed E-state index contributed by atoms with van der Waals surface area (Å²) in [6.07, 6.45) is 13.4. The molecule has 0 aromatic heterocycles. The molecular formula is C14H27NO2. The number of unbranched alkanes of at least 4 members (excludes halogenated alkanes) is 7. The van der Waals surface area contributed by atoms with Gasteiger partial charge in [-0.3, -0.25) is 0 Å². The lowest BCUT2D eigenvalue weighted by Crippen LogP contribution is -2.27. The maximum absolute atomic E-state index is 11.0.